The molecule has 0 bridgehead atoms. The first-order chi connectivity index (χ1) is 14.9. The van der Waals surface area contributed by atoms with E-state index in [9.17, 15) is 14.4 Å². The van der Waals surface area contributed by atoms with Gasteiger partial charge in [-0.15, -0.1) is 0 Å². The number of esters is 1. The van der Waals surface area contributed by atoms with Crippen LogP contribution in [0.2, 0.25) is 5.02 Å². The van der Waals surface area contributed by atoms with E-state index in [1.807, 2.05) is 13.0 Å². The molecule has 160 valence electrons. The maximum Gasteiger partial charge on any atom is 0.340 e. The van der Waals surface area contributed by atoms with Crippen LogP contribution in [0, 0.1) is 18.3 Å². The lowest BCUT2D eigenvalue weighted by molar-refractivity contribution is -0.121. The Hall–Kier alpha value is -3.37. The van der Waals surface area contributed by atoms with Gasteiger partial charge >= 0.3 is 5.97 Å². The maximum atomic E-state index is 12.8. The predicted octanol–water partition coefficient (Wildman–Crippen LogP) is 3.88. The van der Waals surface area contributed by atoms with E-state index in [0.29, 0.717) is 29.4 Å². The van der Waals surface area contributed by atoms with Gasteiger partial charge in [-0.3, -0.25) is 9.59 Å². The number of ether oxygens (including phenoxy) is 1. The molecule has 1 aliphatic heterocycles. The van der Waals surface area contributed by atoms with E-state index in [1.165, 1.54) is 4.90 Å². The molecule has 0 aromatic heterocycles. The van der Waals surface area contributed by atoms with Gasteiger partial charge < -0.3 is 14.5 Å². The van der Waals surface area contributed by atoms with Crippen LogP contribution in [-0.2, 0) is 14.3 Å². The van der Waals surface area contributed by atoms with Gasteiger partial charge in [0.25, 0.3) is 5.91 Å². The normalized spacial score (nSPS) is 13.1. The number of nitriles is 1. The van der Waals surface area contributed by atoms with Gasteiger partial charge in [0.1, 0.15) is 0 Å². The molecule has 0 unspecified atom stereocenters. The van der Waals surface area contributed by atoms with E-state index in [1.54, 1.807) is 47.4 Å². The Morgan fingerprint density at radius 1 is 1.26 bits per heavy atom. The Morgan fingerprint density at radius 2 is 2.03 bits per heavy atom. The van der Waals surface area contributed by atoms with Crippen molar-refractivity contribution in [3.63, 3.8) is 0 Å². The van der Waals surface area contributed by atoms with Crippen molar-refractivity contribution in [2.75, 3.05) is 29.5 Å². The number of benzene rings is 2. The first-order valence-electron chi connectivity index (χ1n) is 9.92. The summed E-state index contributed by atoms with van der Waals surface area (Å²) in [5.41, 5.74) is 2.07. The van der Waals surface area contributed by atoms with Crippen molar-refractivity contribution in [3.05, 3.63) is 58.6 Å². The van der Waals surface area contributed by atoms with Crippen LogP contribution in [0.5, 0.6) is 0 Å². The number of aryl methyl sites for hydroxylation is 1. The van der Waals surface area contributed by atoms with Crippen molar-refractivity contribution in [1.29, 1.82) is 5.26 Å². The Morgan fingerprint density at radius 3 is 2.71 bits per heavy atom. The molecule has 3 rings (SSSR count). The quantitative estimate of drug-likeness (QED) is 0.610. The van der Waals surface area contributed by atoms with Gasteiger partial charge in [0.05, 0.1) is 23.7 Å². The number of hydrogen-bond donors (Lipinski definition) is 0. The Kier molecular flexibility index (Phi) is 7.27. The summed E-state index contributed by atoms with van der Waals surface area (Å²) in [4.78, 5) is 40.6. The SMILES string of the molecule is Cc1cc(N(CCC#N)C(=O)COC(=O)c2ccccc2N2CCCC2=O)ccc1Cl. The molecule has 1 heterocycles. The molecule has 0 N–H and O–H groups in total. The molecule has 0 aliphatic carbocycles. The molecule has 0 atom stereocenters. The van der Waals surface area contributed by atoms with E-state index < -0.39 is 18.5 Å². The molecule has 1 aliphatic rings. The molecule has 8 heteroatoms. The average Bonchev–Trinajstić information content (AvgIpc) is 3.20. The number of hydrogen-bond acceptors (Lipinski definition) is 5. The fourth-order valence-corrected chi connectivity index (χ4v) is 3.54. The van der Waals surface area contributed by atoms with Crippen LogP contribution in [0.3, 0.4) is 0 Å². The minimum atomic E-state index is -0.684. The average molecular weight is 440 g/mol. The third-order valence-corrected chi connectivity index (χ3v) is 5.44. The molecule has 2 aromatic carbocycles. The fourth-order valence-electron chi connectivity index (χ4n) is 3.42. The number of nitrogens with zero attached hydrogens (tertiary/aromatic N) is 3. The Balaban J connectivity index is 1.74. The second-order valence-electron chi connectivity index (χ2n) is 7.13. The first-order valence-corrected chi connectivity index (χ1v) is 10.3. The van der Waals surface area contributed by atoms with Crippen molar-refractivity contribution < 1.29 is 19.1 Å². The number of anilines is 2. The highest BCUT2D eigenvalue weighted by Gasteiger charge is 2.27. The number of amides is 2. The standard InChI is InChI=1S/C23H22ClN3O4/c1-16-14-17(9-10-19(16)24)26(13-5-11-25)22(29)15-31-23(30)18-6-2-3-7-20(18)27-12-4-8-21(27)28/h2-3,6-7,9-10,14H,4-5,8,12-13,15H2,1H3. The van der Waals surface area contributed by atoms with E-state index >= 15 is 0 Å². The Labute approximate surface area is 185 Å². The van der Waals surface area contributed by atoms with Crippen molar-refractivity contribution >= 4 is 40.8 Å². The summed E-state index contributed by atoms with van der Waals surface area (Å²) in [6, 6.07) is 13.8. The van der Waals surface area contributed by atoms with Gasteiger partial charge in [0, 0.05) is 30.2 Å². The largest absolute Gasteiger partial charge is 0.452 e. The second-order valence-corrected chi connectivity index (χ2v) is 7.54. The summed E-state index contributed by atoms with van der Waals surface area (Å²) in [5.74, 6) is -1.19. The van der Waals surface area contributed by atoms with E-state index in [0.717, 1.165) is 12.0 Å². The van der Waals surface area contributed by atoms with Crippen molar-refractivity contribution in [3.8, 4) is 6.07 Å². The lowest BCUT2D eigenvalue weighted by atomic mass is 10.1. The Bertz CT molecular complexity index is 1050. The summed E-state index contributed by atoms with van der Waals surface area (Å²) in [5, 5.41) is 9.50. The zero-order chi connectivity index (χ0) is 22.4. The summed E-state index contributed by atoms with van der Waals surface area (Å²) < 4.78 is 5.28. The minimum absolute atomic E-state index is 0.0443. The van der Waals surface area contributed by atoms with Crippen LogP contribution >= 0.6 is 11.6 Å². The van der Waals surface area contributed by atoms with Crippen LogP contribution < -0.4 is 9.80 Å². The number of halogens is 1. The summed E-state index contributed by atoms with van der Waals surface area (Å²) >= 11 is 6.07. The second kappa shape index (κ2) is 10.1. The maximum absolute atomic E-state index is 12.8. The summed E-state index contributed by atoms with van der Waals surface area (Å²) in [7, 11) is 0. The first kappa shape index (κ1) is 22.3. The molecule has 31 heavy (non-hydrogen) atoms. The highest BCUT2D eigenvalue weighted by Crippen LogP contribution is 2.26. The molecule has 0 saturated carbocycles. The van der Waals surface area contributed by atoms with Crippen LogP contribution in [-0.4, -0.2) is 37.5 Å². The molecule has 1 saturated heterocycles. The van der Waals surface area contributed by atoms with Crippen molar-refractivity contribution in [2.45, 2.75) is 26.2 Å². The van der Waals surface area contributed by atoms with Crippen LogP contribution in [0.25, 0.3) is 0 Å². The van der Waals surface area contributed by atoms with E-state index in [-0.39, 0.29) is 24.4 Å². The molecule has 1 fully saturated rings. The number of para-hydroxylation sites is 1. The minimum Gasteiger partial charge on any atom is -0.452 e. The van der Waals surface area contributed by atoms with Crippen LogP contribution in [0.4, 0.5) is 11.4 Å². The van der Waals surface area contributed by atoms with Crippen molar-refractivity contribution in [2.24, 2.45) is 0 Å². The molecule has 7 nitrogen and oxygen atoms in total. The van der Waals surface area contributed by atoms with Gasteiger partial charge in [-0.25, -0.2) is 4.79 Å². The van der Waals surface area contributed by atoms with Gasteiger partial charge in [0.15, 0.2) is 6.61 Å². The van der Waals surface area contributed by atoms with Crippen LogP contribution in [0.15, 0.2) is 42.5 Å². The van der Waals surface area contributed by atoms with Gasteiger partial charge in [-0.05, 0) is 49.2 Å². The number of carbonyl (C=O) groups excluding carboxylic acids is 3. The number of rotatable bonds is 7. The molecule has 2 amide bonds. The summed E-state index contributed by atoms with van der Waals surface area (Å²) in [6.07, 6.45) is 1.30. The zero-order valence-electron chi connectivity index (χ0n) is 17.1. The van der Waals surface area contributed by atoms with Crippen LogP contribution in [0.1, 0.15) is 35.2 Å². The highest BCUT2D eigenvalue weighted by atomic mass is 35.5. The monoisotopic (exact) mass is 439 g/mol. The lowest BCUT2D eigenvalue weighted by Gasteiger charge is -2.23. The van der Waals surface area contributed by atoms with Crippen molar-refractivity contribution in [1.82, 2.24) is 0 Å². The zero-order valence-corrected chi connectivity index (χ0v) is 17.9. The topological polar surface area (TPSA) is 90.7 Å². The van der Waals surface area contributed by atoms with Gasteiger partial charge in [0.2, 0.25) is 5.91 Å². The molecule has 0 spiro atoms. The fraction of sp³-hybridized carbons (Fsp3) is 0.304. The lowest BCUT2D eigenvalue weighted by Crippen LogP contribution is -2.35. The summed E-state index contributed by atoms with van der Waals surface area (Å²) in [6.45, 7) is 2.02. The smallest absolute Gasteiger partial charge is 0.340 e. The predicted molar refractivity (Wildman–Crippen MR) is 117 cm³/mol. The number of carbonyl (C=O) groups is 3. The molecule has 2 aromatic rings. The molecular weight excluding hydrogens is 418 g/mol. The highest BCUT2D eigenvalue weighted by molar-refractivity contribution is 6.31. The third-order valence-electron chi connectivity index (χ3n) is 5.02. The van der Waals surface area contributed by atoms with Gasteiger partial charge in [-0.1, -0.05) is 23.7 Å². The van der Waals surface area contributed by atoms with E-state index in [2.05, 4.69) is 0 Å². The van der Waals surface area contributed by atoms with E-state index in [4.69, 9.17) is 21.6 Å². The molecule has 0 radical (unpaired) electrons. The molecular formula is C23H22ClN3O4. The third kappa shape index (κ3) is 5.22. The van der Waals surface area contributed by atoms with Gasteiger partial charge in [-0.2, -0.15) is 5.26 Å².